The molecule has 2 atom stereocenters. The molecule has 1 aliphatic rings. The number of anilines is 1. The molecule has 2 aromatic carbocycles. The lowest BCUT2D eigenvalue weighted by Gasteiger charge is -2.36. The third kappa shape index (κ3) is 6.01. The Hall–Kier alpha value is -3.23. The van der Waals surface area contributed by atoms with Crippen molar-refractivity contribution >= 4 is 21.6 Å². The second-order valence-corrected chi connectivity index (χ2v) is 10.6. The Kier molecular flexibility index (Phi) is 7.29. The van der Waals surface area contributed by atoms with Gasteiger partial charge in [0.05, 0.1) is 22.9 Å². The fourth-order valence-corrected chi connectivity index (χ4v) is 5.45. The molecule has 0 aliphatic carbocycles. The molecule has 1 aromatic heterocycles. The number of pyridine rings is 1. The highest BCUT2D eigenvalue weighted by Crippen LogP contribution is 2.19. The molecule has 178 valence electrons. The van der Waals surface area contributed by atoms with Crippen LogP contribution >= 0.6 is 0 Å². The molecule has 8 heteroatoms. The summed E-state index contributed by atoms with van der Waals surface area (Å²) < 4.78 is 31.1. The molecular weight excluding hydrogens is 450 g/mol. The van der Waals surface area contributed by atoms with E-state index in [0.717, 1.165) is 24.5 Å². The van der Waals surface area contributed by atoms with Gasteiger partial charge in [0.1, 0.15) is 5.82 Å². The van der Waals surface area contributed by atoms with Crippen molar-refractivity contribution in [2.24, 2.45) is 0 Å². The second kappa shape index (κ2) is 10.4. The molecule has 2 unspecified atom stereocenters. The van der Waals surface area contributed by atoms with Crippen LogP contribution in [0.5, 0.6) is 0 Å². The summed E-state index contributed by atoms with van der Waals surface area (Å²) in [5, 5.41) is 2.89. The molecule has 1 aliphatic heterocycles. The molecule has 2 heterocycles. The first-order valence-corrected chi connectivity index (χ1v) is 13.0. The monoisotopic (exact) mass is 479 g/mol. The standard InChI is InChI=1S/C26H29N3O4S/c1-19-16-29(17-20(2)33-19)25-12-11-22(14-27-25)15-28-26(30)23-8-6-7-21(13-23)18-34(31,32)24-9-4-3-5-10-24/h3-14,19-20H,15-18H2,1-2H3,(H,28,30). The minimum atomic E-state index is -3.48. The van der Waals surface area contributed by atoms with Gasteiger partial charge < -0.3 is 15.0 Å². The highest BCUT2D eigenvalue weighted by molar-refractivity contribution is 7.90. The summed E-state index contributed by atoms with van der Waals surface area (Å²) in [5.41, 5.74) is 1.87. The van der Waals surface area contributed by atoms with Gasteiger partial charge in [-0.05, 0) is 55.3 Å². The lowest BCUT2D eigenvalue weighted by molar-refractivity contribution is -0.00546. The van der Waals surface area contributed by atoms with E-state index in [-0.39, 0.29) is 28.8 Å². The van der Waals surface area contributed by atoms with Crippen LogP contribution in [-0.2, 0) is 26.9 Å². The number of carbonyl (C=O) groups excluding carboxylic acids is 1. The van der Waals surface area contributed by atoms with E-state index in [9.17, 15) is 13.2 Å². The predicted molar refractivity (Wildman–Crippen MR) is 131 cm³/mol. The summed E-state index contributed by atoms with van der Waals surface area (Å²) >= 11 is 0. The molecule has 3 aromatic rings. The van der Waals surface area contributed by atoms with Crippen molar-refractivity contribution < 1.29 is 17.9 Å². The van der Waals surface area contributed by atoms with E-state index in [1.807, 2.05) is 12.1 Å². The quantitative estimate of drug-likeness (QED) is 0.557. The van der Waals surface area contributed by atoms with Crippen LogP contribution in [0.1, 0.15) is 35.3 Å². The zero-order valence-electron chi connectivity index (χ0n) is 19.3. The molecule has 1 saturated heterocycles. The number of amides is 1. The minimum absolute atomic E-state index is 0.156. The third-order valence-electron chi connectivity index (χ3n) is 5.65. The Morgan fingerprint density at radius 2 is 1.74 bits per heavy atom. The first-order chi connectivity index (χ1) is 16.3. The average Bonchev–Trinajstić information content (AvgIpc) is 2.83. The minimum Gasteiger partial charge on any atom is -0.372 e. The number of sulfone groups is 1. The van der Waals surface area contributed by atoms with Gasteiger partial charge in [0, 0.05) is 31.4 Å². The van der Waals surface area contributed by atoms with Gasteiger partial charge >= 0.3 is 0 Å². The van der Waals surface area contributed by atoms with E-state index in [0.29, 0.717) is 17.7 Å². The summed E-state index contributed by atoms with van der Waals surface area (Å²) in [5.74, 6) is 0.464. The maximum absolute atomic E-state index is 12.7. The van der Waals surface area contributed by atoms with Gasteiger partial charge in [0.15, 0.2) is 9.84 Å². The van der Waals surface area contributed by atoms with Crippen LogP contribution in [0, 0.1) is 0 Å². The fraction of sp³-hybridized carbons (Fsp3) is 0.308. The maximum Gasteiger partial charge on any atom is 0.251 e. The van der Waals surface area contributed by atoms with E-state index in [1.165, 1.54) is 0 Å². The summed E-state index contributed by atoms with van der Waals surface area (Å²) in [6, 6.07) is 18.9. The first kappa shape index (κ1) is 23.9. The number of hydrogen-bond donors (Lipinski definition) is 1. The Balaban J connectivity index is 1.36. The van der Waals surface area contributed by atoms with Crippen LogP contribution in [0.4, 0.5) is 5.82 Å². The van der Waals surface area contributed by atoms with Crippen molar-refractivity contribution in [3.05, 3.63) is 89.6 Å². The number of nitrogens with zero attached hydrogens (tertiary/aromatic N) is 2. The van der Waals surface area contributed by atoms with Crippen molar-refractivity contribution in [1.29, 1.82) is 0 Å². The van der Waals surface area contributed by atoms with Crippen LogP contribution in [0.2, 0.25) is 0 Å². The largest absolute Gasteiger partial charge is 0.372 e. The number of morpholine rings is 1. The van der Waals surface area contributed by atoms with Gasteiger partial charge in [-0.2, -0.15) is 0 Å². The summed E-state index contributed by atoms with van der Waals surface area (Å²) in [6.45, 7) is 6.03. The highest BCUT2D eigenvalue weighted by Gasteiger charge is 2.23. The normalized spacial score (nSPS) is 18.5. The third-order valence-corrected chi connectivity index (χ3v) is 7.36. The van der Waals surface area contributed by atoms with Crippen molar-refractivity contribution in [2.45, 2.75) is 43.2 Å². The van der Waals surface area contributed by atoms with E-state index >= 15 is 0 Å². The molecule has 0 radical (unpaired) electrons. The Labute approximate surface area is 200 Å². The van der Waals surface area contributed by atoms with Crippen LogP contribution in [0.25, 0.3) is 0 Å². The average molecular weight is 480 g/mol. The van der Waals surface area contributed by atoms with Gasteiger partial charge in [0.2, 0.25) is 0 Å². The van der Waals surface area contributed by atoms with Crippen molar-refractivity contribution in [3.63, 3.8) is 0 Å². The van der Waals surface area contributed by atoms with Crippen LogP contribution in [0.3, 0.4) is 0 Å². The Morgan fingerprint density at radius 3 is 2.41 bits per heavy atom. The summed E-state index contributed by atoms with van der Waals surface area (Å²) in [4.78, 5) is 19.7. The number of aromatic nitrogens is 1. The lowest BCUT2D eigenvalue weighted by atomic mass is 10.1. The Morgan fingerprint density at radius 1 is 1.00 bits per heavy atom. The maximum atomic E-state index is 12.7. The zero-order chi connectivity index (χ0) is 24.1. The molecule has 34 heavy (non-hydrogen) atoms. The van der Waals surface area contributed by atoms with Crippen molar-refractivity contribution in [1.82, 2.24) is 10.3 Å². The molecule has 4 rings (SSSR count). The summed E-state index contributed by atoms with van der Waals surface area (Å²) in [7, 11) is -3.48. The molecule has 1 amide bonds. The molecule has 7 nitrogen and oxygen atoms in total. The number of nitrogens with one attached hydrogen (secondary N) is 1. The SMILES string of the molecule is CC1CN(c2ccc(CNC(=O)c3cccc(CS(=O)(=O)c4ccccc4)c3)cn2)CC(C)O1. The Bertz CT molecular complexity index is 1220. The number of benzene rings is 2. The molecular formula is C26H29N3O4S. The molecule has 0 saturated carbocycles. The smallest absolute Gasteiger partial charge is 0.251 e. The van der Waals surface area contributed by atoms with Gasteiger partial charge in [-0.1, -0.05) is 36.4 Å². The van der Waals surface area contributed by atoms with E-state index in [2.05, 4.69) is 29.0 Å². The molecule has 0 spiro atoms. The number of carbonyl (C=O) groups is 1. The van der Waals surface area contributed by atoms with Gasteiger partial charge in [-0.15, -0.1) is 0 Å². The van der Waals surface area contributed by atoms with Crippen LogP contribution in [-0.4, -0.2) is 44.6 Å². The topological polar surface area (TPSA) is 88.6 Å². The first-order valence-electron chi connectivity index (χ1n) is 11.3. The van der Waals surface area contributed by atoms with Crippen molar-refractivity contribution in [3.8, 4) is 0 Å². The van der Waals surface area contributed by atoms with E-state index in [4.69, 9.17) is 4.74 Å². The van der Waals surface area contributed by atoms with Gasteiger partial charge in [-0.25, -0.2) is 13.4 Å². The number of hydrogen-bond acceptors (Lipinski definition) is 6. The van der Waals surface area contributed by atoms with Crippen LogP contribution in [0.15, 0.2) is 77.8 Å². The fourth-order valence-electron chi connectivity index (χ4n) is 4.09. The lowest BCUT2D eigenvalue weighted by Crippen LogP contribution is -2.45. The molecule has 1 fully saturated rings. The number of ether oxygens (including phenoxy) is 1. The molecule has 1 N–H and O–H groups in total. The van der Waals surface area contributed by atoms with Crippen molar-refractivity contribution in [2.75, 3.05) is 18.0 Å². The van der Waals surface area contributed by atoms with E-state index in [1.54, 1.807) is 60.8 Å². The van der Waals surface area contributed by atoms with Gasteiger partial charge in [-0.3, -0.25) is 4.79 Å². The molecule has 0 bridgehead atoms. The van der Waals surface area contributed by atoms with E-state index < -0.39 is 9.84 Å². The zero-order valence-corrected chi connectivity index (χ0v) is 20.2. The summed E-state index contributed by atoms with van der Waals surface area (Å²) in [6.07, 6.45) is 2.08. The highest BCUT2D eigenvalue weighted by atomic mass is 32.2. The van der Waals surface area contributed by atoms with Crippen LogP contribution < -0.4 is 10.2 Å². The second-order valence-electron chi connectivity index (χ2n) is 8.64. The predicted octanol–water partition coefficient (Wildman–Crippen LogP) is 3.60. The number of rotatable bonds is 7. The van der Waals surface area contributed by atoms with Gasteiger partial charge in [0.25, 0.3) is 5.91 Å².